The summed E-state index contributed by atoms with van der Waals surface area (Å²) in [7, 11) is 1.80. The van der Waals surface area contributed by atoms with Crippen LogP contribution in [0.2, 0.25) is 0 Å². The molecular weight excluding hydrogens is 262 g/mol. The van der Waals surface area contributed by atoms with E-state index in [0.717, 1.165) is 16.5 Å². The molecule has 2 aromatic carbocycles. The van der Waals surface area contributed by atoms with E-state index in [9.17, 15) is 4.79 Å². The molecule has 4 nitrogen and oxygen atoms in total. The minimum atomic E-state index is -0.0759. The molecule has 0 aliphatic carbocycles. The number of hydrogen-bond acceptors (Lipinski definition) is 2. The van der Waals surface area contributed by atoms with E-state index in [1.54, 1.807) is 11.9 Å². The number of aromatic nitrogens is 2. The zero-order valence-corrected chi connectivity index (χ0v) is 12.1. The van der Waals surface area contributed by atoms with E-state index in [-0.39, 0.29) is 5.91 Å². The molecule has 21 heavy (non-hydrogen) atoms. The van der Waals surface area contributed by atoms with Crippen molar-refractivity contribution in [2.24, 2.45) is 0 Å². The van der Waals surface area contributed by atoms with Crippen molar-refractivity contribution in [2.75, 3.05) is 7.05 Å². The van der Waals surface area contributed by atoms with Gasteiger partial charge in [-0.05, 0) is 18.6 Å². The lowest BCUT2D eigenvalue weighted by Gasteiger charge is -2.16. The molecule has 0 spiro atoms. The topological polar surface area (TPSA) is 49.0 Å². The van der Waals surface area contributed by atoms with Gasteiger partial charge in [0.1, 0.15) is 0 Å². The lowest BCUT2D eigenvalue weighted by molar-refractivity contribution is 0.0781. The zero-order valence-electron chi connectivity index (χ0n) is 12.1. The Morgan fingerprint density at radius 3 is 2.62 bits per heavy atom. The van der Waals surface area contributed by atoms with Gasteiger partial charge in [0, 0.05) is 19.0 Å². The van der Waals surface area contributed by atoms with Crippen LogP contribution in [0.25, 0.3) is 10.9 Å². The van der Waals surface area contributed by atoms with Gasteiger partial charge in [-0.15, -0.1) is 0 Å². The van der Waals surface area contributed by atoms with Crippen LogP contribution in [0, 0.1) is 6.92 Å². The highest BCUT2D eigenvalue weighted by Gasteiger charge is 2.17. The molecule has 0 aliphatic heterocycles. The molecule has 0 radical (unpaired) electrons. The van der Waals surface area contributed by atoms with E-state index >= 15 is 0 Å². The molecule has 0 saturated heterocycles. The standard InChI is InChI=1S/C17H17N3O/c1-12-7-9-13(10-8-12)11-20(2)17(21)16-14-5-3-4-6-15(14)18-19-16/h3-10H,11H2,1-2H3,(H,18,19). The molecule has 1 aromatic heterocycles. The van der Waals surface area contributed by atoms with Gasteiger partial charge in [-0.2, -0.15) is 5.10 Å². The molecule has 0 fully saturated rings. The number of H-pyrrole nitrogens is 1. The molecule has 3 aromatic rings. The summed E-state index contributed by atoms with van der Waals surface area (Å²) in [6.45, 7) is 2.62. The smallest absolute Gasteiger partial charge is 0.275 e. The first kappa shape index (κ1) is 13.4. The number of aromatic amines is 1. The highest BCUT2D eigenvalue weighted by Crippen LogP contribution is 2.17. The van der Waals surface area contributed by atoms with Crippen molar-refractivity contribution in [3.63, 3.8) is 0 Å². The van der Waals surface area contributed by atoms with Gasteiger partial charge in [-0.25, -0.2) is 0 Å². The Kier molecular flexibility index (Phi) is 3.44. The predicted octanol–water partition coefficient (Wildman–Crippen LogP) is 3.14. The highest BCUT2D eigenvalue weighted by atomic mass is 16.2. The number of carbonyl (C=O) groups excluding carboxylic acids is 1. The van der Waals surface area contributed by atoms with Crippen molar-refractivity contribution in [1.82, 2.24) is 15.1 Å². The second-order valence-electron chi connectivity index (χ2n) is 5.26. The van der Waals surface area contributed by atoms with Gasteiger partial charge < -0.3 is 4.90 Å². The molecule has 1 N–H and O–H groups in total. The van der Waals surface area contributed by atoms with Gasteiger partial charge in [0.25, 0.3) is 5.91 Å². The molecule has 1 amide bonds. The molecule has 4 heteroatoms. The number of carbonyl (C=O) groups is 1. The summed E-state index contributed by atoms with van der Waals surface area (Å²) in [6, 6.07) is 15.9. The molecule has 0 atom stereocenters. The Morgan fingerprint density at radius 1 is 1.14 bits per heavy atom. The number of rotatable bonds is 3. The molecule has 0 unspecified atom stereocenters. The fourth-order valence-electron chi connectivity index (χ4n) is 2.35. The minimum absolute atomic E-state index is 0.0759. The maximum absolute atomic E-state index is 12.5. The summed E-state index contributed by atoms with van der Waals surface area (Å²) in [5, 5.41) is 7.91. The molecule has 106 valence electrons. The number of nitrogens with zero attached hydrogens (tertiary/aromatic N) is 2. The monoisotopic (exact) mass is 279 g/mol. The summed E-state index contributed by atoms with van der Waals surface area (Å²) in [5.74, 6) is -0.0759. The second kappa shape index (κ2) is 5.40. The van der Waals surface area contributed by atoms with E-state index in [2.05, 4.69) is 29.3 Å². The summed E-state index contributed by atoms with van der Waals surface area (Å²) in [5.41, 5.74) is 3.67. The van der Waals surface area contributed by atoms with Crippen LogP contribution in [0.3, 0.4) is 0 Å². The number of amides is 1. The predicted molar refractivity (Wildman–Crippen MR) is 83.1 cm³/mol. The largest absolute Gasteiger partial charge is 0.336 e. The first-order valence-electron chi connectivity index (χ1n) is 6.89. The number of aryl methyl sites for hydroxylation is 1. The first-order chi connectivity index (χ1) is 10.1. The van der Waals surface area contributed by atoms with Crippen LogP contribution in [-0.2, 0) is 6.54 Å². The van der Waals surface area contributed by atoms with Crippen LogP contribution in [0.5, 0.6) is 0 Å². The highest BCUT2D eigenvalue weighted by molar-refractivity contribution is 6.04. The van der Waals surface area contributed by atoms with Crippen molar-refractivity contribution in [3.05, 3.63) is 65.4 Å². The molecule has 3 rings (SSSR count). The van der Waals surface area contributed by atoms with Crippen molar-refractivity contribution in [2.45, 2.75) is 13.5 Å². The summed E-state index contributed by atoms with van der Waals surface area (Å²) < 4.78 is 0. The third kappa shape index (κ3) is 2.65. The fourth-order valence-corrected chi connectivity index (χ4v) is 2.35. The average molecular weight is 279 g/mol. The summed E-state index contributed by atoms with van der Waals surface area (Å²) in [6.07, 6.45) is 0. The van der Waals surface area contributed by atoms with E-state index in [0.29, 0.717) is 12.2 Å². The number of fused-ring (bicyclic) bond motifs is 1. The van der Waals surface area contributed by atoms with Crippen molar-refractivity contribution >= 4 is 16.8 Å². The minimum Gasteiger partial charge on any atom is -0.336 e. The Labute approximate surface area is 123 Å². The van der Waals surface area contributed by atoms with Crippen LogP contribution in [-0.4, -0.2) is 28.1 Å². The van der Waals surface area contributed by atoms with Crippen LogP contribution in [0.1, 0.15) is 21.6 Å². The average Bonchev–Trinajstić information content (AvgIpc) is 2.92. The van der Waals surface area contributed by atoms with Gasteiger partial charge in [-0.1, -0.05) is 48.0 Å². The SMILES string of the molecule is Cc1ccc(CN(C)C(=O)c2n[nH]c3ccccc23)cc1. The summed E-state index contributed by atoms with van der Waals surface area (Å²) in [4.78, 5) is 14.2. The normalized spacial score (nSPS) is 10.8. The molecule has 0 bridgehead atoms. The van der Waals surface area contributed by atoms with Crippen molar-refractivity contribution < 1.29 is 4.79 Å². The lowest BCUT2D eigenvalue weighted by atomic mass is 10.1. The molecular formula is C17H17N3O. The molecule has 0 aliphatic rings. The third-order valence-electron chi connectivity index (χ3n) is 3.56. The Bertz CT molecular complexity index is 774. The van der Waals surface area contributed by atoms with Crippen molar-refractivity contribution in [1.29, 1.82) is 0 Å². The fraction of sp³-hybridized carbons (Fsp3) is 0.176. The molecule has 0 saturated carbocycles. The Hall–Kier alpha value is -2.62. The third-order valence-corrected chi connectivity index (χ3v) is 3.56. The maximum Gasteiger partial charge on any atom is 0.275 e. The van der Waals surface area contributed by atoms with Crippen LogP contribution in [0.4, 0.5) is 0 Å². The van der Waals surface area contributed by atoms with Crippen molar-refractivity contribution in [3.8, 4) is 0 Å². The van der Waals surface area contributed by atoms with Gasteiger partial charge in [0.05, 0.1) is 5.52 Å². The second-order valence-corrected chi connectivity index (χ2v) is 5.26. The van der Waals surface area contributed by atoms with Gasteiger partial charge in [0.2, 0.25) is 0 Å². The van der Waals surface area contributed by atoms with E-state index in [1.165, 1.54) is 5.56 Å². The zero-order chi connectivity index (χ0) is 14.8. The quantitative estimate of drug-likeness (QED) is 0.800. The van der Waals surface area contributed by atoms with Gasteiger partial charge in [0.15, 0.2) is 5.69 Å². The number of nitrogens with one attached hydrogen (secondary N) is 1. The van der Waals surface area contributed by atoms with Gasteiger partial charge in [-0.3, -0.25) is 9.89 Å². The number of benzene rings is 2. The van der Waals surface area contributed by atoms with E-state index in [4.69, 9.17) is 0 Å². The van der Waals surface area contributed by atoms with Gasteiger partial charge >= 0.3 is 0 Å². The van der Waals surface area contributed by atoms with E-state index in [1.807, 2.05) is 36.4 Å². The van der Waals surface area contributed by atoms with Crippen LogP contribution < -0.4 is 0 Å². The Balaban J connectivity index is 1.82. The van der Waals surface area contributed by atoms with Crippen LogP contribution >= 0.6 is 0 Å². The lowest BCUT2D eigenvalue weighted by Crippen LogP contribution is -2.26. The number of hydrogen-bond donors (Lipinski definition) is 1. The summed E-state index contributed by atoms with van der Waals surface area (Å²) >= 11 is 0. The molecule has 1 heterocycles. The first-order valence-corrected chi connectivity index (χ1v) is 6.89. The Morgan fingerprint density at radius 2 is 1.86 bits per heavy atom. The van der Waals surface area contributed by atoms with E-state index < -0.39 is 0 Å². The number of para-hydroxylation sites is 1. The maximum atomic E-state index is 12.5. The van der Waals surface area contributed by atoms with Crippen LogP contribution in [0.15, 0.2) is 48.5 Å².